The van der Waals surface area contributed by atoms with Crippen LogP contribution in [0.5, 0.6) is 0 Å². The lowest BCUT2D eigenvalue weighted by Crippen LogP contribution is -1.92. The Bertz CT molecular complexity index is 272. The van der Waals surface area contributed by atoms with Crippen molar-refractivity contribution in [1.82, 2.24) is 0 Å². The quantitative estimate of drug-likeness (QED) is 0.722. The maximum absolute atomic E-state index is 10.7. The average Bonchev–Trinajstić information content (AvgIpc) is 2.36. The van der Waals surface area contributed by atoms with Crippen molar-refractivity contribution in [2.75, 3.05) is 0 Å². The van der Waals surface area contributed by atoms with Crippen molar-refractivity contribution >= 4 is 5.78 Å². The Morgan fingerprint density at radius 3 is 1.88 bits per heavy atom. The van der Waals surface area contributed by atoms with E-state index in [9.17, 15) is 4.79 Å². The first kappa shape index (κ1) is 18.3. The maximum atomic E-state index is 10.7. The van der Waals surface area contributed by atoms with Crippen LogP contribution >= 0.6 is 0 Å². The Balaban J connectivity index is 0. The van der Waals surface area contributed by atoms with Crippen LogP contribution in [0.1, 0.15) is 58.6 Å². The number of carbonyl (C=O) groups is 1. The number of hydrogen-bond acceptors (Lipinski definition) is 1. The lowest BCUT2D eigenvalue weighted by Gasteiger charge is -2.00. The van der Waals surface area contributed by atoms with Crippen LogP contribution in [0.15, 0.2) is 24.3 Å². The standard InChI is InChI=1S/C12H16O.2C2H6/c1-10-6-8-12(9-7-10)5-3-4-11(2)13;2*1-2/h6-9H,3-5H2,1-2H3;2*1-2H3. The van der Waals surface area contributed by atoms with E-state index in [1.807, 2.05) is 27.7 Å². The summed E-state index contributed by atoms with van der Waals surface area (Å²) in [4.78, 5) is 10.7. The van der Waals surface area contributed by atoms with Crippen molar-refractivity contribution < 1.29 is 4.79 Å². The van der Waals surface area contributed by atoms with Gasteiger partial charge in [0, 0.05) is 6.42 Å². The summed E-state index contributed by atoms with van der Waals surface area (Å²) in [5.74, 6) is 0.284. The van der Waals surface area contributed by atoms with Crippen LogP contribution in [0, 0.1) is 6.92 Å². The zero-order chi connectivity index (χ0) is 13.7. The van der Waals surface area contributed by atoms with Crippen LogP contribution in [0.3, 0.4) is 0 Å². The monoisotopic (exact) mass is 236 g/mol. The molecule has 0 atom stereocenters. The first-order valence-electron chi connectivity index (χ1n) is 6.73. The summed E-state index contributed by atoms with van der Waals surface area (Å²) in [5.41, 5.74) is 2.61. The van der Waals surface area contributed by atoms with E-state index in [1.165, 1.54) is 11.1 Å². The van der Waals surface area contributed by atoms with Crippen LogP contribution in [0.2, 0.25) is 0 Å². The molecule has 0 radical (unpaired) electrons. The van der Waals surface area contributed by atoms with Crippen LogP contribution in [-0.4, -0.2) is 5.78 Å². The smallest absolute Gasteiger partial charge is 0.129 e. The number of rotatable bonds is 4. The Labute approximate surface area is 107 Å². The summed E-state index contributed by atoms with van der Waals surface area (Å²) in [5, 5.41) is 0. The number of ketones is 1. The summed E-state index contributed by atoms with van der Waals surface area (Å²) in [6.45, 7) is 11.7. The molecule has 0 amide bonds. The van der Waals surface area contributed by atoms with Gasteiger partial charge in [-0.15, -0.1) is 0 Å². The van der Waals surface area contributed by atoms with E-state index in [2.05, 4.69) is 31.2 Å². The summed E-state index contributed by atoms with van der Waals surface area (Å²) >= 11 is 0. The molecular formula is C16H28O. The molecule has 0 aliphatic heterocycles. The van der Waals surface area contributed by atoms with Gasteiger partial charge in [0.2, 0.25) is 0 Å². The largest absolute Gasteiger partial charge is 0.300 e. The molecule has 0 N–H and O–H groups in total. The van der Waals surface area contributed by atoms with Gasteiger partial charge in [0.1, 0.15) is 5.78 Å². The molecule has 0 aliphatic rings. The summed E-state index contributed by atoms with van der Waals surface area (Å²) in [7, 11) is 0. The van der Waals surface area contributed by atoms with Crippen molar-refractivity contribution in [3.05, 3.63) is 35.4 Å². The molecule has 0 aromatic heterocycles. The average molecular weight is 236 g/mol. The molecule has 1 aromatic carbocycles. The van der Waals surface area contributed by atoms with Gasteiger partial charge in [-0.25, -0.2) is 0 Å². The van der Waals surface area contributed by atoms with Gasteiger partial charge >= 0.3 is 0 Å². The highest BCUT2D eigenvalue weighted by molar-refractivity contribution is 5.75. The second kappa shape index (κ2) is 13.0. The highest BCUT2D eigenvalue weighted by Crippen LogP contribution is 2.07. The Hall–Kier alpha value is -1.11. The molecule has 0 spiro atoms. The van der Waals surface area contributed by atoms with E-state index in [-0.39, 0.29) is 5.78 Å². The first-order chi connectivity index (χ1) is 8.18. The fourth-order valence-corrected chi connectivity index (χ4v) is 1.30. The fraction of sp³-hybridized carbons (Fsp3) is 0.562. The van der Waals surface area contributed by atoms with Gasteiger partial charge in [-0.05, 0) is 32.3 Å². The summed E-state index contributed by atoms with van der Waals surface area (Å²) in [6.07, 6.45) is 2.69. The van der Waals surface area contributed by atoms with Crippen LogP contribution in [0.4, 0.5) is 0 Å². The zero-order valence-corrected chi connectivity index (χ0v) is 12.3. The molecule has 0 unspecified atom stereocenters. The number of hydrogen-bond donors (Lipinski definition) is 0. The maximum Gasteiger partial charge on any atom is 0.129 e. The van der Waals surface area contributed by atoms with Crippen molar-refractivity contribution in [3.63, 3.8) is 0 Å². The van der Waals surface area contributed by atoms with E-state index in [1.54, 1.807) is 6.92 Å². The number of Topliss-reactive ketones (excluding diaryl/α,β-unsaturated/α-hetero) is 1. The molecule has 0 bridgehead atoms. The SMILES string of the molecule is CC.CC.CC(=O)CCCc1ccc(C)cc1. The van der Waals surface area contributed by atoms with Gasteiger partial charge < -0.3 is 4.79 Å². The molecule has 17 heavy (non-hydrogen) atoms. The molecule has 0 fully saturated rings. The van der Waals surface area contributed by atoms with E-state index in [0.717, 1.165) is 12.8 Å². The van der Waals surface area contributed by atoms with E-state index in [4.69, 9.17) is 0 Å². The third-order valence-electron chi connectivity index (χ3n) is 2.11. The predicted molar refractivity (Wildman–Crippen MR) is 77.5 cm³/mol. The topological polar surface area (TPSA) is 17.1 Å². The Morgan fingerprint density at radius 2 is 1.47 bits per heavy atom. The van der Waals surface area contributed by atoms with E-state index in [0.29, 0.717) is 6.42 Å². The van der Waals surface area contributed by atoms with Gasteiger partial charge in [-0.1, -0.05) is 57.5 Å². The molecule has 1 aromatic rings. The van der Waals surface area contributed by atoms with Gasteiger partial charge in [-0.2, -0.15) is 0 Å². The van der Waals surface area contributed by atoms with Crippen LogP contribution in [-0.2, 0) is 11.2 Å². The minimum absolute atomic E-state index is 0.284. The Kier molecular flexibility index (Phi) is 13.9. The third kappa shape index (κ3) is 11.2. The fourth-order valence-electron chi connectivity index (χ4n) is 1.30. The molecule has 0 saturated carbocycles. The molecule has 0 heterocycles. The molecule has 1 nitrogen and oxygen atoms in total. The van der Waals surface area contributed by atoms with E-state index >= 15 is 0 Å². The zero-order valence-electron chi connectivity index (χ0n) is 12.3. The van der Waals surface area contributed by atoms with Crippen molar-refractivity contribution in [1.29, 1.82) is 0 Å². The third-order valence-corrected chi connectivity index (χ3v) is 2.11. The highest BCUT2D eigenvalue weighted by Gasteiger charge is 1.95. The number of benzene rings is 1. The van der Waals surface area contributed by atoms with Gasteiger partial charge in [-0.3, -0.25) is 0 Å². The summed E-state index contributed by atoms with van der Waals surface area (Å²) in [6, 6.07) is 8.50. The molecular weight excluding hydrogens is 208 g/mol. The second-order valence-electron chi connectivity index (χ2n) is 3.54. The summed E-state index contributed by atoms with van der Waals surface area (Å²) < 4.78 is 0. The molecule has 98 valence electrons. The predicted octanol–water partition coefficient (Wildman–Crippen LogP) is 4.96. The lowest BCUT2D eigenvalue weighted by atomic mass is 10.1. The van der Waals surface area contributed by atoms with Gasteiger partial charge in [0.25, 0.3) is 0 Å². The van der Waals surface area contributed by atoms with E-state index < -0.39 is 0 Å². The minimum Gasteiger partial charge on any atom is -0.300 e. The minimum atomic E-state index is 0.284. The van der Waals surface area contributed by atoms with Gasteiger partial charge in [0.05, 0.1) is 0 Å². The highest BCUT2D eigenvalue weighted by atomic mass is 16.1. The number of carbonyl (C=O) groups excluding carboxylic acids is 1. The van der Waals surface area contributed by atoms with Crippen LogP contribution in [0.25, 0.3) is 0 Å². The van der Waals surface area contributed by atoms with Crippen LogP contribution < -0.4 is 0 Å². The van der Waals surface area contributed by atoms with Crippen molar-refractivity contribution in [2.24, 2.45) is 0 Å². The molecule has 0 saturated heterocycles. The second-order valence-corrected chi connectivity index (χ2v) is 3.54. The van der Waals surface area contributed by atoms with Gasteiger partial charge in [0.15, 0.2) is 0 Å². The molecule has 1 rings (SSSR count). The molecule has 1 heteroatoms. The lowest BCUT2D eigenvalue weighted by molar-refractivity contribution is -0.117. The normalized spacial score (nSPS) is 8.35. The first-order valence-corrected chi connectivity index (χ1v) is 6.73. The molecule has 0 aliphatic carbocycles. The van der Waals surface area contributed by atoms with Crippen molar-refractivity contribution in [3.8, 4) is 0 Å². The Morgan fingerprint density at radius 1 is 1.00 bits per heavy atom. The number of aryl methyl sites for hydroxylation is 2. The van der Waals surface area contributed by atoms with Crippen molar-refractivity contribution in [2.45, 2.75) is 60.8 Å².